The molecule has 0 aromatic heterocycles. The summed E-state index contributed by atoms with van der Waals surface area (Å²) >= 11 is 0. The number of benzene rings is 4. The first kappa shape index (κ1) is 25.1. The summed E-state index contributed by atoms with van der Waals surface area (Å²) in [7, 11) is 0. The maximum Gasteiger partial charge on any atom is 0.286 e. The van der Waals surface area contributed by atoms with Gasteiger partial charge in [-0.05, 0) is 57.0 Å². The predicted octanol–water partition coefficient (Wildman–Crippen LogP) is 6.00. The Labute approximate surface area is 228 Å². The van der Waals surface area contributed by atoms with Gasteiger partial charge in [-0.15, -0.1) is 0 Å². The third-order valence-corrected chi connectivity index (χ3v) is 7.50. The molecule has 0 bridgehead atoms. The highest BCUT2D eigenvalue weighted by atomic mass is 16.7. The van der Waals surface area contributed by atoms with Crippen molar-refractivity contribution in [1.82, 2.24) is 5.32 Å². The number of fused-ring (bicyclic) bond motifs is 3. The molecule has 1 aliphatic heterocycles. The maximum absolute atomic E-state index is 13.3. The zero-order valence-corrected chi connectivity index (χ0v) is 21.7. The first-order valence-electron chi connectivity index (χ1n) is 13.4. The third kappa shape index (κ3) is 5.51. The molecule has 4 aromatic rings. The van der Waals surface area contributed by atoms with E-state index in [4.69, 9.17) is 9.47 Å². The Balaban J connectivity index is 1.25. The fourth-order valence-electron chi connectivity index (χ4n) is 5.46. The number of aliphatic hydroxyl groups excluding tert-OH is 1. The summed E-state index contributed by atoms with van der Waals surface area (Å²) in [6.45, 7) is 0.774. The number of rotatable bonds is 8. The molecule has 2 aliphatic rings. The monoisotopic (exact) mass is 517 g/mol. The summed E-state index contributed by atoms with van der Waals surface area (Å²) < 4.78 is 12.3. The van der Waals surface area contributed by atoms with Crippen molar-refractivity contribution in [2.24, 2.45) is 0 Å². The minimum absolute atomic E-state index is 0.00602. The van der Waals surface area contributed by atoms with Gasteiger partial charge in [0.25, 0.3) is 5.91 Å². The van der Waals surface area contributed by atoms with Gasteiger partial charge in [-0.25, -0.2) is 0 Å². The lowest BCUT2D eigenvalue weighted by atomic mass is 9.87. The van der Waals surface area contributed by atoms with Gasteiger partial charge in [0, 0.05) is 18.9 Å². The second kappa shape index (κ2) is 11.3. The molecular formula is C34H31NO4. The van der Waals surface area contributed by atoms with Crippen LogP contribution in [0.3, 0.4) is 0 Å². The quantitative estimate of drug-likeness (QED) is 0.265. The summed E-state index contributed by atoms with van der Waals surface area (Å²) in [4.78, 5) is 13.3. The molecule has 0 radical (unpaired) electrons. The van der Waals surface area contributed by atoms with E-state index in [-0.39, 0.29) is 24.2 Å². The molecule has 2 unspecified atom stereocenters. The van der Waals surface area contributed by atoms with Gasteiger partial charge in [0.15, 0.2) is 5.76 Å². The minimum atomic E-state index is -0.574. The highest BCUT2D eigenvalue weighted by Crippen LogP contribution is 2.43. The molecule has 196 valence electrons. The maximum atomic E-state index is 13.3. The van der Waals surface area contributed by atoms with E-state index in [1.165, 1.54) is 27.8 Å². The average Bonchev–Trinajstić information content (AvgIpc) is 3.38. The zero-order valence-electron chi connectivity index (χ0n) is 21.7. The van der Waals surface area contributed by atoms with Gasteiger partial charge in [0.05, 0.1) is 13.2 Å². The summed E-state index contributed by atoms with van der Waals surface area (Å²) in [6, 6.07) is 32.5. The molecule has 0 fully saturated rings. The van der Waals surface area contributed by atoms with Crippen LogP contribution in [0.4, 0.5) is 0 Å². The van der Waals surface area contributed by atoms with E-state index >= 15 is 0 Å². The number of amides is 1. The Morgan fingerprint density at radius 3 is 2.41 bits per heavy atom. The molecule has 0 saturated carbocycles. The predicted molar refractivity (Wildman–Crippen MR) is 150 cm³/mol. The van der Waals surface area contributed by atoms with Crippen molar-refractivity contribution < 1.29 is 19.4 Å². The number of aliphatic hydroxyl groups is 1. The number of carbonyl (C=O) groups is 1. The molecule has 5 nitrogen and oxygen atoms in total. The molecule has 2 atom stereocenters. The van der Waals surface area contributed by atoms with E-state index in [2.05, 4.69) is 47.8 Å². The number of allylic oxidation sites excluding steroid dienone is 1. The number of ether oxygens (including phenoxy) is 2. The zero-order chi connectivity index (χ0) is 26.6. The SMILES string of the molecule is O=C(NCc1ccccc1)C1=CC(c2cccc3c2Cc2ccccc2-3)CC(OCc2ccc(CO)cc2)O1. The molecule has 1 aliphatic carbocycles. The smallest absolute Gasteiger partial charge is 0.286 e. The minimum Gasteiger partial charge on any atom is -0.459 e. The highest BCUT2D eigenvalue weighted by molar-refractivity contribution is 5.91. The third-order valence-electron chi connectivity index (χ3n) is 7.50. The van der Waals surface area contributed by atoms with Gasteiger partial charge in [0.2, 0.25) is 6.29 Å². The molecule has 1 amide bonds. The van der Waals surface area contributed by atoms with E-state index in [9.17, 15) is 9.90 Å². The van der Waals surface area contributed by atoms with E-state index < -0.39 is 6.29 Å². The first-order valence-corrected chi connectivity index (χ1v) is 13.4. The summed E-state index contributed by atoms with van der Waals surface area (Å²) in [5, 5.41) is 12.3. The van der Waals surface area contributed by atoms with Crippen molar-refractivity contribution in [3.8, 4) is 11.1 Å². The fraction of sp³-hybridized carbons (Fsp3) is 0.206. The van der Waals surface area contributed by atoms with Crippen molar-refractivity contribution in [3.05, 3.63) is 142 Å². The number of nitrogens with one attached hydrogen (secondary N) is 1. The second-order valence-electron chi connectivity index (χ2n) is 10.1. The van der Waals surface area contributed by atoms with E-state index in [1.54, 1.807) is 0 Å². The molecule has 6 rings (SSSR count). The van der Waals surface area contributed by atoms with Gasteiger partial charge < -0.3 is 19.9 Å². The van der Waals surface area contributed by atoms with Crippen LogP contribution in [0.25, 0.3) is 11.1 Å². The standard InChI is InChI=1S/C34H31NO4/c36-21-24-13-15-25(16-14-24)22-38-33-19-27(18-32(39-33)34(37)35-20-23-7-2-1-3-8-23)29-11-6-12-30-28-10-5-4-9-26(28)17-31(29)30/h1-16,18,27,33,36H,17,19-22H2,(H,35,37). The van der Waals surface area contributed by atoms with Crippen molar-refractivity contribution in [2.75, 3.05) is 0 Å². The Kier molecular flexibility index (Phi) is 7.26. The Morgan fingerprint density at radius 1 is 0.846 bits per heavy atom. The van der Waals surface area contributed by atoms with E-state index in [1.807, 2.05) is 60.7 Å². The van der Waals surface area contributed by atoms with Gasteiger partial charge in [0.1, 0.15) is 0 Å². The van der Waals surface area contributed by atoms with Gasteiger partial charge in [-0.2, -0.15) is 0 Å². The van der Waals surface area contributed by atoms with E-state index in [0.717, 1.165) is 23.1 Å². The summed E-state index contributed by atoms with van der Waals surface area (Å²) in [5.74, 6) is 0.0125. The Hall–Kier alpha value is -4.19. The molecule has 39 heavy (non-hydrogen) atoms. The van der Waals surface area contributed by atoms with Gasteiger partial charge in [-0.1, -0.05) is 97.1 Å². The van der Waals surface area contributed by atoms with Crippen LogP contribution < -0.4 is 5.32 Å². The number of hydrogen-bond acceptors (Lipinski definition) is 4. The van der Waals surface area contributed by atoms with Crippen LogP contribution in [-0.2, 0) is 40.4 Å². The largest absolute Gasteiger partial charge is 0.459 e. The first-order chi connectivity index (χ1) is 19.2. The van der Waals surface area contributed by atoms with Crippen LogP contribution in [0.15, 0.2) is 109 Å². The van der Waals surface area contributed by atoms with Crippen LogP contribution in [-0.4, -0.2) is 17.3 Å². The van der Waals surface area contributed by atoms with Crippen LogP contribution in [0.1, 0.15) is 45.7 Å². The molecule has 2 N–H and O–H groups in total. The van der Waals surface area contributed by atoms with Crippen LogP contribution in [0, 0.1) is 0 Å². The molecule has 0 saturated heterocycles. The van der Waals surface area contributed by atoms with Crippen LogP contribution in [0.2, 0.25) is 0 Å². The number of hydrogen-bond donors (Lipinski definition) is 2. The van der Waals surface area contributed by atoms with Crippen molar-refractivity contribution >= 4 is 5.91 Å². The van der Waals surface area contributed by atoms with Crippen LogP contribution in [0.5, 0.6) is 0 Å². The number of carbonyl (C=O) groups excluding carboxylic acids is 1. The topological polar surface area (TPSA) is 67.8 Å². The lowest BCUT2D eigenvalue weighted by Gasteiger charge is -2.30. The molecule has 5 heteroatoms. The lowest BCUT2D eigenvalue weighted by molar-refractivity contribution is -0.150. The fourth-order valence-corrected chi connectivity index (χ4v) is 5.46. The van der Waals surface area contributed by atoms with Gasteiger partial charge in [-0.3, -0.25) is 4.79 Å². The summed E-state index contributed by atoms with van der Waals surface area (Å²) in [6.07, 6.45) is 2.87. The average molecular weight is 518 g/mol. The van der Waals surface area contributed by atoms with Gasteiger partial charge >= 0.3 is 0 Å². The second-order valence-corrected chi connectivity index (χ2v) is 10.1. The lowest BCUT2D eigenvalue weighted by Crippen LogP contribution is -2.32. The van der Waals surface area contributed by atoms with Crippen molar-refractivity contribution in [3.63, 3.8) is 0 Å². The van der Waals surface area contributed by atoms with Crippen LogP contribution >= 0.6 is 0 Å². The van der Waals surface area contributed by atoms with Crippen molar-refractivity contribution in [2.45, 2.75) is 44.8 Å². The molecular weight excluding hydrogens is 486 g/mol. The Bertz CT molecular complexity index is 1490. The summed E-state index contributed by atoms with van der Waals surface area (Å²) in [5.41, 5.74) is 9.25. The van der Waals surface area contributed by atoms with E-state index in [0.29, 0.717) is 19.6 Å². The Morgan fingerprint density at radius 2 is 1.59 bits per heavy atom. The normalized spacial score (nSPS) is 17.5. The molecule has 4 aromatic carbocycles. The molecule has 1 heterocycles. The van der Waals surface area contributed by atoms with Crippen molar-refractivity contribution in [1.29, 1.82) is 0 Å². The highest BCUT2D eigenvalue weighted by Gasteiger charge is 2.32. The molecule has 0 spiro atoms.